The van der Waals surface area contributed by atoms with E-state index in [1.807, 2.05) is 0 Å². The lowest BCUT2D eigenvalue weighted by atomic mass is 9.95. The Morgan fingerprint density at radius 3 is 0.550 bits per heavy atom. The first kappa shape index (κ1) is 82.2. The van der Waals surface area contributed by atoms with Crippen molar-refractivity contribution in [2.24, 2.45) is 0 Å². The highest BCUT2D eigenvalue weighted by atomic mass is 16.8. The van der Waals surface area contributed by atoms with Crippen molar-refractivity contribution in [2.75, 3.05) is 59.5 Å². The maximum absolute atomic E-state index is 11.6. The van der Waals surface area contributed by atoms with Crippen molar-refractivity contribution >= 4 is 0 Å². The van der Waals surface area contributed by atoms with Crippen LogP contribution in [-0.2, 0) is 80.5 Å². The van der Waals surface area contributed by atoms with E-state index in [4.69, 9.17) is 80.5 Å². The van der Waals surface area contributed by atoms with Gasteiger partial charge in [-0.3, -0.25) is 0 Å². The van der Waals surface area contributed by atoms with Crippen LogP contribution in [-0.4, -0.2) is 484 Å². The van der Waals surface area contributed by atoms with Crippen LogP contribution in [0.2, 0.25) is 0 Å². The zero-order valence-electron chi connectivity index (χ0n) is 52.3. The maximum atomic E-state index is 11.6. The van der Waals surface area contributed by atoms with E-state index < -0.39 is 336 Å². The Hall–Kier alpha value is -1.84. The van der Waals surface area contributed by atoms with E-state index in [-0.39, 0.29) is 0 Å². The molecule has 9 saturated heterocycles. The molecular formula is C54H92O46. The van der Waals surface area contributed by atoms with E-state index in [9.17, 15) is 148 Å². The van der Waals surface area contributed by atoms with E-state index in [0.29, 0.717) is 0 Å². The van der Waals surface area contributed by atoms with Crippen LogP contribution < -0.4 is 0 Å². The fourth-order valence-corrected chi connectivity index (χ4v) is 13.0. The van der Waals surface area contributed by atoms with Crippen LogP contribution in [0.5, 0.6) is 0 Å². The highest BCUT2D eigenvalue weighted by Gasteiger charge is 2.60. The summed E-state index contributed by atoms with van der Waals surface area (Å²) in [4.78, 5) is 0. The molecule has 9 aliphatic rings. The van der Waals surface area contributed by atoms with Gasteiger partial charge < -0.3 is 229 Å². The van der Waals surface area contributed by atoms with Gasteiger partial charge in [0.25, 0.3) is 0 Å². The van der Waals surface area contributed by atoms with Gasteiger partial charge in [-0.1, -0.05) is 0 Å². The van der Waals surface area contributed by atoms with Crippen molar-refractivity contribution in [2.45, 2.75) is 276 Å². The van der Waals surface area contributed by atoms with Crippen LogP contribution in [0.4, 0.5) is 0 Å². The molecule has 584 valence electrons. The molecule has 0 bridgehead atoms. The molecule has 45 atom stereocenters. The first-order chi connectivity index (χ1) is 47.5. The molecule has 9 rings (SSSR count). The molecule has 0 saturated carbocycles. The lowest BCUT2D eigenvalue weighted by molar-refractivity contribution is -0.401. The van der Waals surface area contributed by atoms with Crippen LogP contribution in [0.25, 0.3) is 0 Å². The third kappa shape index (κ3) is 16.7. The number of aliphatic hydroxyl groups is 29. The fourth-order valence-electron chi connectivity index (χ4n) is 13.0. The Balaban J connectivity index is 0.804. The molecule has 100 heavy (non-hydrogen) atoms. The monoisotopic (exact) mass is 1480 g/mol. The first-order valence-electron chi connectivity index (χ1n) is 31.7. The number of aliphatic hydroxyl groups excluding tert-OH is 29. The van der Waals surface area contributed by atoms with Crippen molar-refractivity contribution in [1.29, 1.82) is 0 Å². The Bertz CT molecular complexity index is 2450. The molecule has 0 spiro atoms. The minimum atomic E-state index is -2.35. The predicted octanol–water partition coefficient (Wildman–Crippen LogP) is -20.6. The van der Waals surface area contributed by atoms with Crippen molar-refractivity contribution in [3.63, 3.8) is 0 Å². The number of hydrogen-bond acceptors (Lipinski definition) is 46. The Labute approximate surface area is 563 Å². The SMILES string of the molecule is OC[C@H]1O[C@@H](O[C@H]2[C@H](O)[C@@H](O)[C@H](O[C@@H]3[C@@H](O)[C@H](O[C@H]4[C@H](O)[C@@H](O)[C@H](O[C@H]5[C@H](O)[C@@H](O)[C@H](O[C@@H]6[C@@H](O)[C@H](O[C@H]7[C@H](O)[C@@H](O)[C@H](O[C@H]8[C@H](O)[C@@H](O)[C@H](O[C@@H]9[C@@H](O)[C@H](O)O[C@H](CO)[C@H]9O)O[C@@H]8CO)O[C@@H]7CO)O[C@H](CO)[C@H]6O)O[C@@H]5CO)O[C@@H]4CO)O[C@H](CO)[C@H]3O)O[C@@H]2CO)[C@H](O)[C@@H](O)[C@@H]1O. The van der Waals surface area contributed by atoms with Gasteiger partial charge in [0.15, 0.2) is 56.6 Å². The Morgan fingerprint density at radius 1 is 0.150 bits per heavy atom. The maximum Gasteiger partial charge on any atom is 0.187 e. The van der Waals surface area contributed by atoms with Gasteiger partial charge in [0, 0.05) is 0 Å². The van der Waals surface area contributed by atoms with E-state index in [0.717, 1.165) is 0 Å². The number of hydrogen-bond donors (Lipinski definition) is 29. The average Bonchev–Trinajstić information content (AvgIpc) is 0.777. The molecule has 0 unspecified atom stereocenters. The number of rotatable bonds is 25. The molecule has 29 N–H and O–H groups in total. The highest BCUT2D eigenvalue weighted by molar-refractivity contribution is 5.03. The molecular weight excluding hydrogens is 1380 g/mol. The van der Waals surface area contributed by atoms with Crippen molar-refractivity contribution in [1.82, 2.24) is 0 Å². The third-order valence-corrected chi connectivity index (χ3v) is 18.8. The summed E-state index contributed by atoms with van der Waals surface area (Å²) >= 11 is 0. The molecule has 9 heterocycles. The molecule has 0 amide bonds. The average molecular weight is 1480 g/mol. The van der Waals surface area contributed by atoms with Gasteiger partial charge in [-0.25, -0.2) is 0 Å². The zero-order chi connectivity index (χ0) is 73.4. The Kier molecular flexibility index (Phi) is 29.2. The molecule has 46 nitrogen and oxygen atoms in total. The number of ether oxygens (including phenoxy) is 17. The summed E-state index contributed by atoms with van der Waals surface area (Å²) in [6.07, 6.45) is -90.8. The minimum absolute atomic E-state index is 0.867. The van der Waals surface area contributed by atoms with E-state index in [1.54, 1.807) is 0 Å². The zero-order valence-corrected chi connectivity index (χ0v) is 52.3. The van der Waals surface area contributed by atoms with Gasteiger partial charge in [-0.15, -0.1) is 0 Å². The molecule has 0 aromatic carbocycles. The van der Waals surface area contributed by atoms with Crippen molar-refractivity contribution in [3.05, 3.63) is 0 Å². The molecule has 0 aromatic rings. The van der Waals surface area contributed by atoms with Gasteiger partial charge in [0.2, 0.25) is 0 Å². The summed E-state index contributed by atoms with van der Waals surface area (Å²) in [5.74, 6) is 0. The van der Waals surface area contributed by atoms with Gasteiger partial charge in [-0.05, 0) is 0 Å². The summed E-state index contributed by atoms with van der Waals surface area (Å²) < 4.78 is 94.8. The van der Waals surface area contributed by atoms with Crippen molar-refractivity contribution < 1.29 is 229 Å². The Morgan fingerprint density at radius 2 is 0.320 bits per heavy atom. The van der Waals surface area contributed by atoms with Crippen LogP contribution in [0.3, 0.4) is 0 Å². The summed E-state index contributed by atoms with van der Waals surface area (Å²) in [5, 5.41) is 312. The lowest BCUT2D eigenvalue weighted by Gasteiger charge is -2.50. The molecule has 9 fully saturated rings. The van der Waals surface area contributed by atoms with E-state index in [2.05, 4.69) is 0 Å². The smallest absolute Gasteiger partial charge is 0.187 e. The quantitative estimate of drug-likeness (QED) is 0.0404. The standard InChI is InChI=1S/C54H92O46/c55-1-10-19(64)23(68)29(74)47(85-10)93-38-14(5-59)91-51(33(78)27(38)72)99-44-21(66)12(3-57)86-53(36(44)81)97-42-18(9-63)89-49(31(76)25(42)70)95-40-16(7-61)92-52(34(79)28(40)73)100-45-22(67)13(4-58)87-54(37(45)82)96-41-17(8-62)88-48(30(75)24(41)69)94-39-15(6-60)90-50(32(77)26(39)71)98-43-20(65)11(2-56)84-46(83)35(43)80/h10-83H,1-9H2/t10-,11-,12-,13-,14-,15-,16-,17-,18-,19-,20-,21-,22-,23+,24-,25-,26-,27-,28-,29-,30-,31-,32-,33-,34-,35-,36-,37-,38-,39-,40-,41-,42-,43+,44+,45+,46-,47+,48+,49+,50+,51+,52+,53+,54+/m1/s1. The van der Waals surface area contributed by atoms with Gasteiger partial charge in [0.1, 0.15) is 220 Å². The fraction of sp³-hybridized carbons (Fsp3) is 1.00. The van der Waals surface area contributed by atoms with E-state index in [1.165, 1.54) is 0 Å². The highest BCUT2D eigenvalue weighted by Crippen LogP contribution is 2.40. The van der Waals surface area contributed by atoms with Gasteiger partial charge >= 0.3 is 0 Å². The van der Waals surface area contributed by atoms with Crippen molar-refractivity contribution in [3.8, 4) is 0 Å². The first-order valence-corrected chi connectivity index (χ1v) is 31.7. The minimum Gasteiger partial charge on any atom is -0.394 e. The largest absolute Gasteiger partial charge is 0.394 e. The van der Waals surface area contributed by atoms with Crippen LogP contribution in [0, 0.1) is 0 Å². The van der Waals surface area contributed by atoms with Gasteiger partial charge in [-0.2, -0.15) is 0 Å². The topological polar surface area (TPSA) is 744 Å². The van der Waals surface area contributed by atoms with Crippen LogP contribution in [0.1, 0.15) is 0 Å². The summed E-state index contributed by atoms with van der Waals surface area (Å²) in [7, 11) is 0. The van der Waals surface area contributed by atoms with Gasteiger partial charge in [0.05, 0.1) is 59.5 Å². The second-order valence-corrected chi connectivity index (χ2v) is 25.2. The predicted molar refractivity (Wildman–Crippen MR) is 297 cm³/mol. The second-order valence-electron chi connectivity index (χ2n) is 25.2. The summed E-state index contributed by atoms with van der Waals surface area (Å²) in [5.41, 5.74) is 0. The summed E-state index contributed by atoms with van der Waals surface area (Å²) in [6, 6.07) is 0. The third-order valence-electron chi connectivity index (χ3n) is 18.8. The molecule has 0 aromatic heterocycles. The molecule has 9 aliphatic heterocycles. The lowest BCUT2D eigenvalue weighted by Crippen LogP contribution is -2.68. The second kappa shape index (κ2) is 35.5. The molecule has 46 heteroatoms. The van der Waals surface area contributed by atoms with E-state index >= 15 is 0 Å². The van der Waals surface area contributed by atoms with Crippen LogP contribution >= 0.6 is 0 Å². The van der Waals surface area contributed by atoms with Crippen LogP contribution in [0.15, 0.2) is 0 Å². The summed E-state index contributed by atoms with van der Waals surface area (Å²) in [6.45, 7) is -9.38. The normalized spacial score (nSPS) is 53.7. The molecule has 0 aliphatic carbocycles. The molecule has 0 radical (unpaired) electrons.